The summed E-state index contributed by atoms with van der Waals surface area (Å²) in [6.07, 6.45) is 5.93. The number of likely N-dealkylation sites (N-methyl/N-ethyl adjacent to an activating group) is 1. The van der Waals surface area contributed by atoms with E-state index in [9.17, 15) is 9.18 Å². The highest BCUT2D eigenvalue weighted by Crippen LogP contribution is 2.28. The molecule has 50 heavy (non-hydrogen) atoms. The first-order valence-corrected chi connectivity index (χ1v) is 16.8. The molecule has 1 aliphatic rings. The first-order chi connectivity index (χ1) is 24.4. The molecular weight excluding hydrogens is 637 g/mol. The SMILES string of the molecule is COc1ccc(-n2cnnn2)cc1C(=O)N(C)CC(CCN1CCC(Nc2nc3ccccc3n2Cc2ccco2)CC1)c1ccc(F)cc1. The fourth-order valence-corrected chi connectivity index (χ4v) is 6.73. The zero-order chi connectivity index (χ0) is 34.5. The summed E-state index contributed by atoms with van der Waals surface area (Å²) >= 11 is 0. The number of hydrogen-bond donors (Lipinski definition) is 1. The number of piperidine rings is 1. The molecule has 0 radical (unpaired) electrons. The van der Waals surface area contributed by atoms with E-state index in [0.29, 0.717) is 30.1 Å². The lowest BCUT2D eigenvalue weighted by Crippen LogP contribution is -2.40. The third-order valence-electron chi connectivity index (χ3n) is 9.47. The van der Waals surface area contributed by atoms with Gasteiger partial charge in [0.15, 0.2) is 0 Å². The van der Waals surface area contributed by atoms with Crippen molar-refractivity contribution < 1.29 is 18.3 Å². The quantitative estimate of drug-likeness (QED) is 0.166. The van der Waals surface area contributed by atoms with E-state index in [4.69, 9.17) is 14.1 Å². The van der Waals surface area contributed by atoms with Gasteiger partial charge in [-0.3, -0.25) is 4.79 Å². The van der Waals surface area contributed by atoms with Crippen LogP contribution in [0, 0.1) is 5.82 Å². The second kappa shape index (κ2) is 14.9. The molecule has 0 spiro atoms. The van der Waals surface area contributed by atoms with Gasteiger partial charge in [-0.2, -0.15) is 0 Å². The largest absolute Gasteiger partial charge is 0.496 e. The van der Waals surface area contributed by atoms with Crippen LogP contribution in [0.25, 0.3) is 16.7 Å². The van der Waals surface area contributed by atoms with Gasteiger partial charge < -0.3 is 28.8 Å². The van der Waals surface area contributed by atoms with Crippen molar-refractivity contribution in [1.29, 1.82) is 0 Å². The Morgan fingerprint density at radius 3 is 2.64 bits per heavy atom. The number of anilines is 1. The fraction of sp³-hybridized carbons (Fsp3) is 0.324. The fourth-order valence-electron chi connectivity index (χ4n) is 6.73. The summed E-state index contributed by atoms with van der Waals surface area (Å²) in [5.74, 6) is 1.72. The monoisotopic (exact) mass is 677 g/mol. The van der Waals surface area contributed by atoms with Gasteiger partial charge in [0, 0.05) is 38.6 Å². The summed E-state index contributed by atoms with van der Waals surface area (Å²) in [7, 11) is 3.33. The molecule has 0 bridgehead atoms. The number of amides is 1. The van der Waals surface area contributed by atoms with Crippen LogP contribution in [0.3, 0.4) is 0 Å². The molecule has 13 heteroatoms. The summed E-state index contributed by atoms with van der Waals surface area (Å²) < 4.78 is 28.8. The lowest BCUT2D eigenvalue weighted by atomic mass is 9.94. The Bertz CT molecular complexity index is 2000. The zero-order valence-electron chi connectivity index (χ0n) is 28.2. The summed E-state index contributed by atoms with van der Waals surface area (Å²) in [5.41, 5.74) is 4.07. The molecule has 1 N–H and O–H groups in total. The molecule has 7 rings (SSSR count). The van der Waals surface area contributed by atoms with E-state index in [1.165, 1.54) is 23.1 Å². The van der Waals surface area contributed by atoms with Crippen molar-refractivity contribution in [3.63, 3.8) is 0 Å². The van der Waals surface area contributed by atoms with Gasteiger partial charge >= 0.3 is 0 Å². The van der Waals surface area contributed by atoms with Crippen molar-refractivity contribution in [1.82, 2.24) is 39.6 Å². The standard InChI is InChI=1S/C37H40FN9O3/c1-44(36(48)32-22-30(13-14-35(32)49-2)47-25-39-42-43-47)23-27(26-9-11-28(38)12-10-26)15-18-45-19-16-29(17-20-45)40-37-41-33-7-3-4-8-34(33)46(37)24-31-6-5-21-50-31/h3-14,21-22,25,27,29H,15-20,23-24H2,1-2H3,(H,40,41). The lowest BCUT2D eigenvalue weighted by Gasteiger charge is -2.34. The molecule has 1 atom stereocenters. The smallest absolute Gasteiger partial charge is 0.257 e. The highest BCUT2D eigenvalue weighted by atomic mass is 19.1. The van der Waals surface area contributed by atoms with Gasteiger partial charge in [0.25, 0.3) is 5.91 Å². The number of likely N-dealkylation sites (tertiary alicyclic amines) is 1. The number of furan rings is 1. The van der Waals surface area contributed by atoms with Gasteiger partial charge in [0.2, 0.25) is 5.95 Å². The molecular formula is C37H40FN9O3. The minimum Gasteiger partial charge on any atom is -0.496 e. The number of fused-ring (bicyclic) bond motifs is 1. The van der Waals surface area contributed by atoms with E-state index in [2.05, 4.69) is 36.4 Å². The van der Waals surface area contributed by atoms with Crippen LogP contribution < -0.4 is 10.1 Å². The number of benzene rings is 3. The lowest BCUT2D eigenvalue weighted by molar-refractivity contribution is 0.0778. The molecule has 12 nitrogen and oxygen atoms in total. The number of nitrogens with zero attached hydrogens (tertiary/aromatic N) is 8. The van der Waals surface area contributed by atoms with Crippen molar-refractivity contribution in [3.05, 3.63) is 114 Å². The Morgan fingerprint density at radius 2 is 1.90 bits per heavy atom. The predicted molar refractivity (Wildman–Crippen MR) is 187 cm³/mol. The number of carbonyl (C=O) groups is 1. The Hall–Kier alpha value is -5.56. The molecule has 1 fully saturated rings. The van der Waals surface area contributed by atoms with E-state index < -0.39 is 0 Å². The first-order valence-electron chi connectivity index (χ1n) is 16.8. The number of carbonyl (C=O) groups excluding carboxylic acids is 1. The zero-order valence-corrected chi connectivity index (χ0v) is 28.2. The number of rotatable bonds is 13. The third kappa shape index (κ3) is 7.37. The third-order valence-corrected chi connectivity index (χ3v) is 9.47. The highest BCUT2D eigenvalue weighted by Gasteiger charge is 2.25. The summed E-state index contributed by atoms with van der Waals surface area (Å²) in [6, 6.07) is 24.2. The molecule has 4 heterocycles. The molecule has 258 valence electrons. The van der Waals surface area contributed by atoms with Crippen LogP contribution in [0.15, 0.2) is 95.9 Å². The number of hydrogen-bond acceptors (Lipinski definition) is 9. The van der Waals surface area contributed by atoms with E-state index >= 15 is 0 Å². The second-order valence-electron chi connectivity index (χ2n) is 12.7. The van der Waals surface area contributed by atoms with Gasteiger partial charge in [-0.1, -0.05) is 24.3 Å². The van der Waals surface area contributed by atoms with Crippen molar-refractivity contribution in [3.8, 4) is 11.4 Å². The molecule has 6 aromatic rings. The molecule has 1 aliphatic heterocycles. The number of ether oxygens (including phenoxy) is 1. The van der Waals surface area contributed by atoms with Crippen molar-refractivity contribution in [2.75, 3.05) is 45.7 Å². The summed E-state index contributed by atoms with van der Waals surface area (Å²) in [5, 5.41) is 15.1. The normalized spacial score (nSPS) is 14.5. The maximum absolute atomic E-state index is 13.9. The number of imidazole rings is 1. The van der Waals surface area contributed by atoms with Crippen molar-refractivity contribution in [2.45, 2.75) is 37.8 Å². The predicted octanol–water partition coefficient (Wildman–Crippen LogP) is 5.62. The average Bonchev–Trinajstić information content (AvgIpc) is 3.94. The average molecular weight is 678 g/mol. The number of nitrogens with one attached hydrogen (secondary N) is 1. The molecule has 0 aliphatic carbocycles. The topological polar surface area (TPSA) is 119 Å². The van der Waals surface area contributed by atoms with Gasteiger partial charge in [-0.05, 0) is 96.4 Å². The Kier molecular flexibility index (Phi) is 9.83. The summed E-state index contributed by atoms with van der Waals surface area (Å²) in [4.78, 5) is 22.9. The van der Waals surface area contributed by atoms with Crippen LogP contribution in [0.5, 0.6) is 5.75 Å². The first kappa shape index (κ1) is 33.0. The number of aromatic nitrogens is 6. The second-order valence-corrected chi connectivity index (χ2v) is 12.7. The molecule has 1 amide bonds. The van der Waals surface area contributed by atoms with Crippen LogP contribution >= 0.6 is 0 Å². The number of tetrazole rings is 1. The summed E-state index contributed by atoms with van der Waals surface area (Å²) in [6.45, 7) is 3.77. The van der Waals surface area contributed by atoms with Gasteiger partial charge in [-0.25, -0.2) is 14.1 Å². The van der Waals surface area contributed by atoms with E-state index in [-0.39, 0.29) is 23.7 Å². The number of halogens is 1. The molecule has 1 saturated heterocycles. The van der Waals surface area contributed by atoms with E-state index in [1.54, 1.807) is 43.5 Å². The van der Waals surface area contributed by atoms with Gasteiger partial charge in [-0.15, -0.1) is 5.10 Å². The maximum atomic E-state index is 13.9. The minimum absolute atomic E-state index is 0.00408. The number of methoxy groups -OCH3 is 1. The number of para-hydroxylation sites is 2. The Morgan fingerprint density at radius 1 is 1.08 bits per heavy atom. The van der Waals surface area contributed by atoms with Gasteiger partial charge in [0.1, 0.15) is 23.7 Å². The minimum atomic E-state index is -0.284. The maximum Gasteiger partial charge on any atom is 0.257 e. The van der Waals surface area contributed by atoms with Gasteiger partial charge in [0.05, 0.1) is 42.2 Å². The van der Waals surface area contributed by atoms with Crippen LogP contribution in [0.1, 0.15) is 46.9 Å². The van der Waals surface area contributed by atoms with E-state index in [0.717, 1.165) is 67.2 Å². The van der Waals surface area contributed by atoms with Crippen molar-refractivity contribution in [2.24, 2.45) is 0 Å². The van der Waals surface area contributed by atoms with E-state index in [1.807, 2.05) is 42.5 Å². The van der Waals surface area contributed by atoms with Crippen LogP contribution in [0.4, 0.5) is 10.3 Å². The highest BCUT2D eigenvalue weighted by molar-refractivity contribution is 5.97. The molecule has 1 unspecified atom stereocenters. The van der Waals surface area contributed by atoms with Crippen molar-refractivity contribution >= 4 is 22.9 Å². The molecule has 3 aromatic carbocycles. The Balaban J connectivity index is 0.999. The molecule has 0 saturated carbocycles. The molecule has 3 aromatic heterocycles. The van der Waals surface area contributed by atoms with Crippen LogP contribution in [-0.4, -0.2) is 91.8 Å². The Labute approximate surface area is 289 Å². The van der Waals surface area contributed by atoms with Crippen LogP contribution in [0.2, 0.25) is 0 Å². The van der Waals surface area contributed by atoms with Crippen LogP contribution in [-0.2, 0) is 6.54 Å².